The Balaban J connectivity index is 1.96. The fourth-order valence-corrected chi connectivity index (χ4v) is 2.33. The van der Waals surface area contributed by atoms with Gasteiger partial charge >= 0.3 is 5.97 Å². The monoisotopic (exact) mass is 330 g/mol. The molecule has 0 aromatic heterocycles. The highest BCUT2D eigenvalue weighted by Crippen LogP contribution is 2.16. The molecule has 0 saturated carbocycles. The molecular formula is C19H19ClO3. The van der Waals surface area contributed by atoms with Crippen LogP contribution in [-0.2, 0) is 6.42 Å². The lowest BCUT2D eigenvalue weighted by atomic mass is 10.1. The second kappa shape index (κ2) is 8.49. The van der Waals surface area contributed by atoms with Gasteiger partial charge in [0.1, 0.15) is 5.75 Å². The molecular weight excluding hydrogens is 312 g/mol. The molecule has 0 fully saturated rings. The Morgan fingerprint density at radius 2 is 1.52 bits per heavy atom. The molecule has 2 rings (SSSR count). The second-order valence-corrected chi connectivity index (χ2v) is 5.68. The van der Waals surface area contributed by atoms with Gasteiger partial charge in [-0.15, -0.1) is 0 Å². The maximum Gasteiger partial charge on any atom is 0.343 e. The van der Waals surface area contributed by atoms with Crippen molar-refractivity contribution in [2.75, 3.05) is 0 Å². The molecule has 0 aliphatic heterocycles. The maximum absolute atomic E-state index is 12.1. The van der Waals surface area contributed by atoms with Crippen LogP contribution < -0.4 is 4.74 Å². The van der Waals surface area contributed by atoms with Crippen LogP contribution in [0.2, 0.25) is 0 Å². The van der Waals surface area contributed by atoms with E-state index in [1.165, 1.54) is 30.5 Å². The first-order valence-corrected chi connectivity index (χ1v) is 8.09. The van der Waals surface area contributed by atoms with Crippen LogP contribution in [0, 0.1) is 0 Å². The highest BCUT2D eigenvalue weighted by molar-refractivity contribution is 6.67. The SMILES string of the molecule is CCCCCc1ccc(C(=O)Oc2ccc(C(=O)Cl)cc2)cc1. The first-order valence-electron chi connectivity index (χ1n) is 7.71. The largest absolute Gasteiger partial charge is 0.423 e. The fourth-order valence-electron chi connectivity index (χ4n) is 2.21. The smallest absolute Gasteiger partial charge is 0.343 e. The van der Waals surface area contributed by atoms with Gasteiger partial charge in [0.2, 0.25) is 0 Å². The van der Waals surface area contributed by atoms with Crippen molar-refractivity contribution < 1.29 is 14.3 Å². The Labute approximate surface area is 141 Å². The average molecular weight is 331 g/mol. The molecule has 0 N–H and O–H groups in total. The number of rotatable bonds is 7. The molecule has 0 unspecified atom stereocenters. The van der Waals surface area contributed by atoms with Crippen LogP contribution in [0.5, 0.6) is 5.75 Å². The summed E-state index contributed by atoms with van der Waals surface area (Å²) in [5, 5.41) is -0.540. The van der Waals surface area contributed by atoms with Gasteiger partial charge in [-0.25, -0.2) is 4.79 Å². The molecule has 2 aromatic carbocycles. The molecule has 4 heteroatoms. The zero-order valence-electron chi connectivity index (χ0n) is 13.0. The van der Waals surface area contributed by atoms with Crippen LogP contribution in [0.4, 0.5) is 0 Å². The minimum atomic E-state index is -0.540. The summed E-state index contributed by atoms with van der Waals surface area (Å²) < 4.78 is 5.28. The predicted octanol–water partition coefficient (Wildman–Crippen LogP) is 5.02. The van der Waals surface area contributed by atoms with E-state index in [0.29, 0.717) is 16.9 Å². The molecule has 0 radical (unpaired) electrons. The quantitative estimate of drug-likeness (QED) is 0.310. The summed E-state index contributed by atoms with van der Waals surface area (Å²) in [6, 6.07) is 13.6. The Morgan fingerprint density at radius 1 is 0.913 bits per heavy atom. The summed E-state index contributed by atoms with van der Waals surface area (Å²) in [4.78, 5) is 23.1. The van der Waals surface area contributed by atoms with E-state index in [-0.39, 0.29) is 0 Å². The molecule has 2 aromatic rings. The molecule has 0 bridgehead atoms. The Hall–Kier alpha value is -2.13. The van der Waals surface area contributed by atoms with E-state index in [0.717, 1.165) is 12.8 Å². The van der Waals surface area contributed by atoms with E-state index in [1.807, 2.05) is 12.1 Å². The summed E-state index contributed by atoms with van der Waals surface area (Å²) >= 11 is 5.37. The van der Waals surface area contributed by atoms with Crippen LogP contribution in [0.15, 0.2) is 48.5 Å². The van der Waals surface area contributed by atoms with Crippen LogP contribution in [-0.4, -0.2) is 11.2 Å². The van der Waals surface area contributed by atoms with E-state index in [4.69, 9.17) is 16.3 Å². The van der Waals surface area contributed by atoms with Gasteiger partial charge in [-0.1, -0.05) is 31.9 Å². The molecule has 0 amide bonds. The van der Waals surface area contributed by atoms with Crippen molar-refractivity contribution in [1.29, 1.82) is 0 Å². The minimum absolute atomic E-state index is 0.364. The summed E-state index contributed by atoms with van der Waals surface area (Å²) in [5.41, 5.74) is 2.09. The van der Waals surface area contributed by atoms with Gasteiger partial charge in [-0.05, 0) is 66.4 Å². The van der Waals surface area contributed by atoms with Crippen LogP contribution >= 0.6 is 11.6 Å². The number of hydrogen-bond donors (Lipinski definition) is 0. The van der Waals surface area contributed by atoms with Crippen LogP contribution in [0.25, 0.3) is 0 Å². The molecule has 0 atom stereocenters. The number of ether oxygens (including phenoxy) is 1. The van der Waals surface area contributed by atoms with Crippen molar-refractivity contribution in [3.8, 4) is 5.75 Å². The Kier molecular flexibility index (Phi) is 6.36. The van der Waals surface area contributed by atoms with Gasteiger partial charge in [0.25, 0.3) is 5.24 Å². The van der Waals surface area contributed by atoms with Crippen molar-refractivity contribution in [1.82, 2.24) is 0 Å². The van der Waals surface area contributed by atoms with Crippen molar-refractivity contribution in [2.45, 2.75) is 32.6 Å². The highest BCUT2D eigenvalue weighted by Gasteiger charge is 2.09. The van der Waals surface area contributed by atoms with Gasteiger partial charge in [0.15, 0.2) is 0 Å². The molecule has 0 saturated heterocycles. The van der Waals surface area contributed by atoms with Crippen molar-refractivity contribution >= 4 is 22.8 Å². The average Bonchev–Trinajstić information content (AvgIpc) is 2.56. The van der Waals surface area contributed by atoms with E-state index in [9.17, 15) is 9.59 Å². The van der Waals surface area contributed by atoms with Gasteiger partial charge in [0, 0.05) is 5.56 Å². The number of halogens is 1. The number of carbonyl (C=O) groups excluding carboxylic acids is 2. The molecule has 23 heavy (non-hydrogen) atoms. The number of carbonyl (C=O) groups is 2. The molecule has 0 spiro atoms. The zero-order valence-corrected chi connectivity index (χ0v) is 13.8. The van der Waals surface area contributed by atoms with E-state index in [2.05, 4.69) is 6.92 Å². The first-order chi connectivity index (χ1) is 11.1. The lowest BCUT2D eigenvalue weighted by Gasteiger charge is -2.06. The fraction of sp³-hybridized carbons (Fsp3) is 0.263. The van der Waals surface area contributed by atoms with Gasteiger partial charge < -0.3 is 4.74 Å². The van der Waals surface area contributed by atoms with Gasteiger partial charge in [-0.3, -0.25) is 4.79 Å². The molecule has 0 aliphatic carbocycles. The summed E-state index contributed by atoms with van der Waals surface area (Å²) in [6.45, 7) is 2.18. The number of benzene rings is 2. The number of unbranched alkanes of at least 4 members (excludes halogenated alkanes) is 2. The number of aryl methyl sites for hydroxylation is 1. The van der Waals surface area contributed by atoms with E-state index in [1.54, 1.807) is 24.3 Å². The number of esters is 1. The number of hydrogen-bond acceptors (Lipinski definition) is 3. The highest BCUT2D eigenvalue weighted by atomic mass is 35.5. The standard InChI is InChI=1S/C19H19ClO3/c1-2-3-4-5-14-6-8-16(9-7-14)19(22)23-17-12-10-15(11-13-17)18(20)21/h6-13H,2-5H2,1H3. The minimum Gasteiger partial charge on any atom is -0.423 e. The van der Waals surface area contributed by atoms with Crippen LogP contribution in [0.1, 0.15) is 52.5 Å². The van der Waals surface area contributed by atoms with Crippen molar-refractivity contribution in [2.24, 2.45) is 0 Å². The van der Waals surface area contributed by atoms with Crippen LogP contribution in [0.3, 0.4) is 0 Å². The first kappa shape index (κ1) is 17.2. The van der Waals surface area contributed by atoms with Gasteiger partial charge in [-0.2, -0.15) is 0 Å². The topological polar surface area (TPSA) is 43.4 Å². The molecule has 0 heterocycles. The molecule has 120 valence electrons. The van der Waals surface area contributed by atoms with Crippen molar-refractivity contribution in [3.05, 3.63) is 65.2 Å². The lowest BCUT2D eigenvalue weighted by Crippen LogP contribution is -2.08. The zero-order chi connectivity index (χ0) is 16.7. The Morgan fingerprint density at radius 3 is 2.09 bits per heavy atom. The summed E-state index contributed by atoms with van der Waals surface area (Å²) in [5.74, 6) is -0.0428. The van der Waals surface area contributed by atoms with Gasteiger partial charge in [0.05, 0.1) is 5.56 Å². The summed E-state index contributed by atoms with van der Waals surface area (Å²) in [7, 11) is 0. The normalized spacial score (nSPS) is 10.3. The third kappa shape index (κ3) is 5.22. The van der Waals surface area contributed by atoms with E-state index >= 15 is 0 Å². The van der Waals surface area contributed by atoms with Crippen molar-refractivity contribution in [3.63, 3.8) is 0 Å². The van der Waals surface area contributed by atoms with E-state index < -0.39 is 11.2 Å². The maximum atomic E-state index is 12.1. The summed E-state index contributed by atoms with van der Waals surface area (Å²) in [6.07, 6.45) is 4.59. The Bertz CT molecular complexity index is 660. The third-order valence-corrected chi connectivity index (χ3v) is 3.77. The third-order valence-electron chi connectivity index (χ3n) is 3.55. The molecule has 3 nitrogen and oxygen atoms in total. The predicted molar refractivity (Wildman–Crippen MR) is 91.3 cm³/mol. The lowest BCUT2D eigenvalue weighted by molar-refractivity contribution is 0.0734. The molecule has 0 aliphatic rings. The second-order valence-electron chi connectivity index (χ2n) is 5.34.